The van der Waals surface area contributed by atoms with Crippen LogP contribution < -0.4 is 20.1 Å². The molecule has 0 bridgehead atoms. The number of amides is 1. The van der Waals surface area contributed by atoms with Crippen LogP contribution in [0.5, 0.6) is 11.5 Å². The van der Waals surface area contributed by atoms with E-state index in [0.29, 0.717) is 22.7 Å². The number of nitrogens with one attached hydrogen (secondary N) is 1. The zero-order valence-corrected chi connectivity index (χ0v) is 18.3. The number of carbonyl (C=O) groups excluding carboxylic acids is 1. The Labute approximate surface area is 192 Å². The maximum Gasteiger partial charge on any atom is 0.259 e. The molecule has 1 aliphatic heterocycles. The Hall–Kier alpha value is -3.36. The lowest BCUT2D eigenvalue weighted by molar-refractivity contribution is 0.102. The van der Waals surface area contributed by atoms with E-state index in [4.69, 9.17) is 9.88 Å². The first-order valence-corrected chi connectivity index (χ1v) is 12.0. The van der Waals surface area contributed by atoms with E-state index >= 15 is 0 Å². The van der Waals surface area contributed by atoms with Gasteiger partial charge in [-0.1, -0.05) is 30.3 Å². The molecule has 4 rings (SSSR count). The van der Waals surface area contributed by atoms with Crippen molar-refractivity contribution in [2.75, 3.05) is 23.3 Å². The third-order valence-electron chi connectivity index (χ3n) is 5.33. The Balaban J connectivity index is 0.00000204. The van der Waals surface area contributed by atoms with Gasteiger partial charge in [0.25, 0.3) is 5.91 Å². The van der Waals surface area contributed by atoms with E-state index in [2.05, 4.69) is 10.2 Å². The first-order chi connectivity index (χ1) is 15.4. The summed E-state index contributed by atoms with van der Waals surface area (Å²) < 4.78 is 29.4. The minimum absolute atomic E-state index is 0. The Morgan fingerprint density at radius 1 is 0.906 bits per heavy atom. The van der Waals surface area contributed by atoms with Gasteiger partial charge in [-0.15, -0.1) is 0 Å². The van der Waals surface area contributed by atoms with E-state index in [1.807, 2.05) is 24.3 Å². The Kier molecular flexibility index (Phi) is 6.43. The smallest absolute Gasteiger partial charge is 0.259 e. The first-order valence-electron chi connectivity index (χ1n) is 10.5. The molecule has 0 spiro atoms. The topological polar surface area (TPSA) is 102 Å². The molecular formula is C24H31N3O4S. The number of hydrogen-bond acceptors (Lipinski definition) is 5. The van der Waals surface area contributed by atoms with Crippen molar-refractivity contribution in [3.05, 3.63) is 78.4 Å². The summed E-state index contributed by atoms with van der Waals surface area (Å²) >= 11 is 0. The zero-order valence-electron chi connectivity index (χ0n) is 17.5. The van der Waals surface area contributed by atoms with E-state index in [9.17, 15) is 13.2 Å². The highest BCUT2D eigenvalue weighted by atomic mass is 32.2. The maximum absolute atomic E-state index is 13.0. The van der Waals surface area contributed by atoms with Crippen molar-refractivity contribution in [3.63, 3.8) is 0 Å². The minimum Gasteiger partial charge on any atom is -0.454 e. The number of nitrogens with two attached hydrogens (primary N) is 1. The molecule has 7 nitrogen and oxygen atoms in total. The van der Waals surface area contributed by atoms with Crippen LogP contribution >= 0.6 is 0 Å². The third kappa shape index (κ3) is 5.09. The van der Waals surface area contributed by atoms with Crippen molar-refractivity contribution < 1.29 is 22.2 Å². The van der Waals surface area contributed by atoms with Crippen LogP contribution in [-0.2, 0) is 10.0 Å². The monoisotopic (exact) mass is 457 g/mol. The van der Waals surface area contributed by atoms with Crippen LogP contribution in [0.3, 0.4) is 0 Å². The molecule has 0 unspecified atom stereocenters. The van der Waals surface area contributed by atoms with Gasteiger partial charge in [0.1, 0.15) is 5.75 Å². The van der Waals surface area contributed by atoms with E-state index in [1.165, 1.54) is 24.6 Å². The molecule has 0 saturated carbocycles. The van der Waals surface area contributed by atoms with Crippen molar-refractivity contribution in [1.29, 1.82) is 0 Å². The molecule has 1 aliphatic rings. The molecule has 0 aromatic heterocycles. The van der Waals surface area contributed by atoms with Gasteiger partial charge < -0.3 is 15.0 Å². The van der Waals surface area contributed by atoms with Crippen LogP contribution in [0.4, 0.5) is 11.4 Å². The van der Waals surface area contributed by atoms with E-state index < -0.39 is 15.9 Å². The molecule has 3 N–H and O–H groups in total. The minimum atomic E-state index is -3.87. The summed E-state index contributed by atoms with van der Waals surface area (Å²) in [5.41, 5.74) is 1.66. The van der Waals surface area contributed by atoms with Gasteiger partial charge in [0, 0.05) is 23.1 Å². The second kappa shape index (κ2) is 9.42. The third-order valence-corrected chi connectivity index (χ3v) is 6.25. The number of primary sulfonamides is 1. The number of rotatable bonds is 6. The second-order valence-electron chi connectivity index (χ2n) is 7.64. The lowest BCUT2D eigenvalue weighted by Gasteiger charge is -2.30. The number of sulfonamides is 1. The number of piperidine rings is 1. The molecule has 32 heavy (non-hydrogen) atoms. The van der Waals surface area contributed by atoms with Crippen LogP contribution in [-0.4, -0.2) is 27.4 Å². The quantitative estimate of drug-likeness (QED) is 0.536. The number of para-hydroxylation sites is 3. The van der Waals surface area contributed by atoms with Crippen LogP contribution in [0.25, 0.3) is 0 Å². The Morgan fingerprint density at radius 2 is 1.59 bits per heavy atom. The van der Waals surface area contributed by atoms with Crippen molar-refractivity contribution in [1.82, 2.24) is 0 Å². The largest absolute Gasteiger partial charge is 0.454 e. The Morgan fingerprint density at radius 3 is 2.34 bits per heavy atom. The fraction of sp³-hybridized carbons (Fsp3) is 0.208. The maximum atomic E-state index is 13.0. The highest BCUT2D eigenvalue weighted by molar-refractivity contribution is 7.89. The molecule has 1 heterocycles. The van der Waals surface area contributed by atoms with E-state index in [-0.39, 0.29) is 9.18 Å². The van der Waals surface area contributed by atoms with Crippen molar-refractivity contribution in [3.8, 4) is 11.5 Å². The van der Waals surface area contributed by atoms with Gasteiger partial charge in [-0.25, -0.2) is 13.6 Å². The predicted molar refractivity (Wildman–Crippen MR) is 131 cm³/mol. The predicted octanol–water partition coefficient (Wildman–Crippen LogP) is 5.11. The van der Waals surface area contributed by atoms with Crippen molar-refractivity contribution in [2.45, 2.75) is 24.2 Å². The molecule has 1 saturated heterocycles. The fourth-order valence-electron chi connectivity index (χ4n) is 3.75. The average molecular weight is 458 g/mol. The van der Waals surface area contributed by atoms with E-state index in [1.54, 1.807) is 30.3 Å². The molecular weight excluding hydrogens is 426 g/mol. The summed E-state index contributed by atoms with van der Waals surface area (Å²) in [6.07, 6.45) is 3.52. The van der Waals surface area contributed by atoms with Gasteiger partial charge in [0.05, 0.1) is 16.1 Å². The van der Waals surface area contributed by atoms with Gasteiger partial charge in [-0.2, -0.15) is 0 Å². The highest BCUT2D eigenvalue weighted by Gasteiger charge is 2.18. The molecule has 1 fully saturated rings. The van der Waals surface area contributed by atoms with Gasteiger partial charge in [0.15, 0.2) is 5.75 Å². The van der Waals surface area contributed by atoms with Gasteiger partial charge in [0.2, 0.25) is 10.0 Å². The number of carbonyl (C=O) groups is 1. The summed E-state index contributed by atoms with van der Waals surface area (Å²) in [6, 6.07) is 20.6. The highest BCUT2D eigenvalue weighted by Crippen LogP contribution is 2.35. The number of hydrogen-bond donors (Lipinski definition) is 2. The van der Waals surface area contributed by atoms with Crippen LogP contribution in [0.15, 0.2) is 77.7 Å². The molecule has 0 aliphatic carbocycles. The number of nitrogens with zero attached hydrogens (tertiary/aromatic N) is 1. The number of benzene rings is 3. The summed E-state index contributed by atoms with van der Waals surface area (Å²) in [7, 11) is -3.87. The number of anilines is 2. The Bertz CT molecular complexity index is 1240. The van der Waals surface area contributed by atoms with Gasteiger partial charge in [-0.05, 0) is 61.7 Å². The molecule has 3 aromatic rings. The second-order valence-corrected chi connectivity index (χ2v) is 9.20. The van der Waals surface area contributed by atoms with Crippen molar-refractivity contribution >= 4 is 27.3 Å². The summed E-state index contributed by atoms with van der Waals surface area (Å²) in [5, 5.41) is 7.91. The summed E-state index contributed by atoms with van der Waals surface area (Å²) in [5.74, 6) is 0.686. The summed E-state index contributed by atoms with van der Waals surface area (Å²) in [6.45, 7) is 1.95. The van der Waals surface area contributed by atoms with Crippen LogP contribution in [0, 0.1) is 0 Å². The van der Waals surface area contributed by atoms with E-state index in [0.717, 1.165) is 31.6 Å². The fourth-order valence-corrected chi connectivity index (χ4v) is 4.31. The number of ether oxygens (including phenoxy) is 1. The first kappa shape index (κ1) is 21.9. The van der Waals surface area contributed by atoms with Gasteiger partial charge >= 0.3 is 0 Å². The molecule has 1 amide bonds. The lowest BCUT2D eigenvalue weighted by Crippen LogP contribution is -2.29. The average Bonchev–Trinajstić information content (AvgIpc) is 2.80. The van der Waals surface area contributed by atoms with Crippen molar-refractivity contribution in [2.24, 2.45) is 5.14 Å². The zero-order chi connectivity index (χ0) is 22.6. The summed E-state index contributed by atoms with van der Waals surface area (Å²) in [4.78, 5) is 15.2. The standard InChI is InChI=1S/C24H25N3O4S.3H2/c25-32(29,30)19-10-8-9-18(17-19)26-24(28)20-11-2-4-13-22(20)31-23-14-5-3-12-21(23)27-15-6-1-7-16-27;;;/h2-5,8-14,17H,1,6-7,15-16H2,(H,26,28)(H2,25,29,30);3*1H. The molecule has 0 atom stereocenters. The van der Waals surface area contributed by atoms with Crippen LogP contribution in [0.2, 0.25) is 0 Å². The SMILES string of the molecule is NS(=O)(=O)c1cccc(NC(=O)c2ccccc2Oc2ccccc2N2CCCCC2)c1.[HH].[HH].[HH]. The van der Waals surface area contributed by atoms with Crippen LogP contribution in [0.1, 0.15) is 33.9 Å². The van der Waals surface area contributed by atoms with Gasteiger partial charge in [-0.3, -0.25) is 4.79 Å². The molecule has 3 aromatic carbocycles. The lowest BCUT2D eigenvalue weighted by atomic mass is 10.1. The molecule has 8 heteroatoms. The molecule has 172 valence electrons. The normalized spacial score (nSPS) is 14.1. The molecule has 0 radical (unpaired) electrons.